The van der Waals surface area contributed by atoms with E-state index in [1.165, 1.54) is 6.08 Å². The van der Waals surface area contributed by atoms with Crippen LogP contribution < -0.4 is 0 Å². The topological polar surface area (TPSA) is 86.7 Å². The first-order chi connectivity index (χ1) is 12.2. The van der Waals surface area contributed by atoms with Crippen LogP contribution in [0.25, 0.3) is 0 Å². The number of esters is 1. The van der Waals surface area contributed by atoms with E-state index in [1.807, 2.05) is 14.1 Å². The summed E-state index contributed by atoms with van der Waals surface area (Å²) < 4.78 is 21.1. The standard InChI is InChI=1S/C17H32N2O6/c1-19(2)8-9-22-10-11-23-12-13-24-14-15-25-17(21)6-4-3-5-7-18-16-20/h3-15H2,1-2H3. The van der Waals surface area contributed by atoms with Gasteiger partial charge in [0.2, 0.25) is 6.08 Å². The number of likely N-dealkylation sites (N-methyl/N-ethyl adjacent to an activating group) is 1. The molecule has 0 saturated carbocycles. The minimum Gasteiger partial charge on any atom is -0.463 e. The molecular weight excluding hydrogens is 328 g/mol. The van der Waals surface area contributed by atoms with E-state index in [1.54, 1.807) is 0 Å². The fourth-order valence-electron chi connectivity index (χ4n) is 1.76. The van der Waals surface area contributed by atoms with E-state index in [0.717, 1.165) is 25.8 Å². The Hall–Kier alpha value is -1.31. The molecule has 0 saturated heterocycles. The summed E-state index contributed by atoms with van der Waals surface area (Å²) in [5.74, 6) is -0.228. The van der Waals surface area contributed by atoms with E-state index in [4.69, 9.17) is 18.9 Å². The van der Waals surface area contributed by atoms with E-state index in [-0.39, 0.29) is 12.6 Å². The maximum Gasteiger partial charge on any atom is 0.305 e. The van der Waals surface area contributed by atoms with Crippen molar-refractivity contribution in [3.8, 4) is 0 Å². The van der Waals surface area contributed by atoms with E-state index in [2.05, 4.69) is 9.89 Å². The predicted molar refractivity (Wildman–Crippen MR) is 93.4 cm³/mol. The molecule has 0 rings (SSSR count). The zero-order valence-electron chi connectivity index (χ0n) is 15.5. The molecule has 0 aliphatic carbocycles. The third-order valence-corrected chi connectivity index (χ3v) is 3.13. The zero-order valence-corrected chi connectivity index (χ0v) is 15.5. The van der Waals surface area contributed by atoms with Crippen molar-refractivity contribution in [2.24, 2.45) is 4.99 Å². The Balaban J connectivity index is 3.17. The van der Waals surface area contributed by atoms with Gasteiger partial charge in [-0.15, -0.1) is 0 Å². The first-order valence-electron chi connectivity index (χ1n) is 8.74. The fourth-order valence-corrected chi connectivity index (χ4v) is 1.76. The summed E-state index contributed by atoms with van der Waals surface area (Å²) in [6.45, 7) is 4.76. The summed E-state index contributed by atoms with van der Waals surface area (Å²) in [6, 6.07) is 0. The Labute approximate surface area is 150 Å². The van der Waals surface area contributed by atoms with Gasteiger partial charge in [0.25, 0.3) is 0 Å². The van der Waals surface area contributed by atoms with Crippen LogP contribution in [-0.2, 0) is 28.5 Å². The van der Waals surface area contributed by atoms with Crippen molar-refractivity contribution in [2.45, 2.75) is 25.7 Å². The van der Waals surface area contributed by atoms with Gasteiger partial charge in [0.05, 0.1) is 46.2 Å². The second-order valence-corrected chi connectivity index (χ2v) is 5.64. The highest BCUT2D eigenvalue weighted by Crippen LogP contribution is 2.01. The first kappa shape index (κ1) is 23.7. The van der Waals surface area contributed by atoms with Crippen molar-refractivity contribution in [1.29, 1.82) is 0 Å². The lowest BCUT2D eigenvalue weighted by Crippen LogP contribution is -2.19. The molecule has 0 aliphatic heterocycles. The molecule has 8 nitrogen and oxygen atoms in total. The number of hydrogen-bond acceptors (Lipinski definition) is 8. The molecule has 8 heteroatoms. The summed E-state index contributed by atoms with van der Waals surface area (Å²) in [6.07, 6.45) is 4.22. The Bertz CT molecular complexity index is 359. The van der Waals surface area contributed by atoms with Crippen LogP contribution >= 0.6 is 0 Å². The highest BCUT2D eigenvalue weighted by Gasteiger charge is 2.02. The molecule has 0 heterocycles. The van der Waals surface area contributed by atoms with E-state index in [0.29, 0.717) is 52.6 Å². The van der Waals surface area contributed by atoms with Gasteiger partial charge in [-0.25, -0.2) is 9.79 Å². The van der Waals surface area contributed by atoms with Crippen LogP contribution in [-0.4, -0.2) is 90.4 Å². The quantitative estimate of drug-likeness (QED) is 0.156. The van der Waals surface area contributed by atoms with Gasteiger partial charge in [0.15, 0.2) is 0 Å². The van der Waals surface area contributed by atoms with Crippen LogP contribution in [0.4, 0.5) is 0 Å². The second kappa shape index (κ2) is 19.0. The lowest BCUT2D eigenvalue weighted by molar-refractivity contribution is -0.145. The van der Waals surface area contributed by atoms with Crippen LogP contribution in [0.2, 0.25) is 0 Å². The minimum absolute atomic E-state index is 0.228. The summed E-state index contributed by atoms with van der Waals surface area (Å²) >= 11 is 0. The van der Waals surface area contributed by atoms with Gasteiger partial charge in [0.1, 0.15) is 6.61 Å². The highest BCUT2D eigenvalue weighted by molar-refractivity contribution is 5.69. The van der Waals surface area contributed by atoms with Gasteiger partial charge in [-0.3, -0.25) is 4.79 Å². The molecular formula is C17H32N2O6. The number of carbonyl (C=O) groups excluding carboxylic acids is 2. The van der Waals surface area contributed by atoms with Gasteiger partial charge in [-0.1, -0.05) is 6.42 Å². The molecule has 25 heavy (non-hydrogen) atoms. The molecule has 0 aromatic heterocycles. The molecule has 0 fully saturated rings. The SMILES string of the molecule is CN(C)CCOCCOCCOCCOC(=O)CCCCCN=C=O. The van der Waals surface area contributed by atoms with Gasteiger partial charge >= 0.3 is 5.97 Å². The Kier molecular flexibility index (Phi) is 18.0. The van der Waals surface area contributed by atoms with Crippen molar-refractivity contribution in [2.75, 3.05) is 73.4 Å². The molecule has 0 radical (unpaired) electrons. The normalized spacial score (nSPS) is 10.7. The predicted octanol–water partition coefficient (Wildman–Crippen LogP) is 1.04. The molecule has 0 atom stereocenters. The maximum atomic E-state index is 11.4. The maximum absolute atomic E-state index is 11.4. The van der Waals surface area contributed by atoms with Crippen LogP contribution in [0, 0.1) is 0 Å². The molecule has 0 amide bonds. The average Bonchev–Trinajstić information content (AvgIpc) is 2.58. The van der Waals surface area contributed by atoms with Crippen molar-refractivity contribution in [3.05, 3.63) is 0 Å². The monoisotopic (exact) mass is 360 g/mol. The van der Waals surface area contributed by atoms with Crippen LogP contribution in [0.5, 0.6) is 0 Å². The van der Waals surface area contributed by atoms with E-state index in [9.17, 15) is 9.59 Å². The van der Waals surface area contributed by atoms with E-state index < -0.39 is 0 Å². The van der Waals surface area contributed by atoms with Crippen molar-refractivity contribution < 1.29 is 28.5 Å². The summed E-state index contributed by atoms with van der Waals surface area (Å²) in [7, 11) is 4.00. The summed E-state index contributed by atoms with van der Waals surface area (Å²) in [5, 5.41) is 0. The molecule has 0 unspecified atom stereocenters. The third-order valence-electron chi connectivity index (χ3n) is 3.13. The molecule has 0 aromatic carbocycles. The third kappa shape index (κ3) is 20.6. The zero-order chi connectivity index (χ0) is 18.6. The summed E-state index contributed by atoms with van der Waals surface area (Å²) in [5.41, 5.74) is 0. The highest BCUT2D eigenvalue weighted by atomic mass is 16.6. The van der Waals surface area contributed by atoms with Gasteiger partial charge in [0, 0.05) is 13.0 Å². The Morgan fingerprint density at radius 2 is 1.48 bits per heavy atom. The number of ether oxygens (including phenoxy) is 4. The Morgan fingerprint density at radius 3 is 2.08 bits per heavy atom. The van der Waals surface area contributed by atoms with Crippen LogP contribution in [0.1, 0.15) is 25.7 Å². The molecule has 0 aliphatic rings. The molecule has 146 valence electrons. The molecule has 0 aromatic rings. The largest absolute Gasteiger partial charge is 0.463 e. The Morgan fingerprint density at radius 1 is 0.880 bits per heavy atom. The lowest BCUT2D eigenvalue weighted by Gasteiger charge is -2.10. The van der Waals surface area contributed by atoms with Crippen molar-refractivity contribution in [3.63, 3.8) is 0 Å². The number of nitrogens with zero attached hydrogens (tertiary/aromatic N) is 2. The number of isocyanates is 1. The van der Waals surface area contributed by atoms with E-state index >= 15 is 0 Å². The number of rotatable bonds is 18. The van der Waals surface area contributed by atoms with Gasteiger partial charge < -0.3 is 23.8 Å². The smallest absolute Gasteiger partial charge is 0.305 e. The van der Waals surface area contributed by atoms with Crippen molar-refractivity contribution in [1.82, 2.24) is 4.90 Å². The lowest BCUT2D eigenvalue weighted by atomic mass is 10.2. The number of unbranched alkanes of at least 4 members (excludes halogenated alkanes) is 2. The average molecular weight is 360 g/mol. The van der Waals surface area contributed by atoms with Crippen molar-refractivity contribution >= 4 is 12.0 Å². The van der Waals surface area contributed by atoms with Crippen LogP contribution in [0.15, 0.2) is 4.99 Å². The molecule has 0 N–H and O–H groups in total. The van der Waals surface area contributed by atoms with Gasteiger partial charge in [-0.2, -0.15) is 0 Å². The first-order valence-corrected chi connectivity index (χ1v) is 8.74. The number of aliphatic imine (C=N–C) groups is 1. The fraction of sp³-hybridized carbons (Fsp3) is 0.882. The molecule has 0 bridgehead atoms. The second-order valence-electron chi connectivity index (χ2n) is 5.64. The summed E-state index contributed by atoms with van der Waals surface area (Å²) in [4.78, 5) is 26.8. The molecule has 0 spiro atoms. The number of carbonyl (C=O) groups is 1. The number of hydrogen-bond donors (Lipinski definition) is 0. The minimum atomic E-state index is -0.228. The van der Waals surface area contributed by atoms with Crippen LogP contribution in [0.3, 0.4) is 0 Å². The van der Waals surface area contributed by atoms with Gasteiger partial charge in [-0.05, 0) is 26.9 Å².